The molecule has 0 saturated carbocycles. The Hall–Kier alpha value is -11.3. The molecule has 0 amide bonds. The molecule has 8 heteroatoms. The number of hydrogen-bond donors (Lipinski definition) is 0. The molecule has 0 aliphatic carbocycles. The molecule has 2 aromatic heterocycles. The summed E-state index contributed by atoms with van der Waals surface area (Å²) in [4.78, 5) is 7.73. The fourth-order valence-corrected chi connectivity index (χ4v) is 10.5. The Morgan fingerprint density at radius 2 is 0.703 bits per heavy atom. The largest absolute Gasteiger partial charge is 0.309 e. The van der Waals surface area contributed by atoms with Crippen molar-refractivity contribution in [2.45, 2.75) is 0 Å². The van der Waals surface area contributed by atoms with Crippen molar-refractivity contribution in [2.24, 2.45) is 0 Å². The van der Waals surface area contributed by atoms with E-state index in [-0.39, 0.29) is 0 Å². The van der Waals surface area contributed by atoms with Gasteiger partial charge in [-0.1, -0.05) is 146 Å². The molecule has 0 radical (unpaired) electrons. The summed E-state index contributed by atoms with van der Waals surface area (Å²) in [5.41, 5.74) is 15.2. The monoisotopic (exact) mass is 938 g/mol. The summed E-state index contributed by atoms with van der Waals surface area (Å²) in [6.45, 7) is 16.1. The number of nitrogens with zero attached hydrogens (tertiary/aromatic N) is 8. The molecule has 74 heavy (non-hydrogen) atoms. The lowest BCUT2D eigenvalue weighted by Gasteiger charge is -2.20. The Kier molecular flexibility index (Phi) is 10.7. The van der Waals surface area contributed by atoms with E-state index in [2.05, 4.69) is 91.6 Å². The molecular formula is C66H34N8. The lowest BCUT2D eigenvalue weighted by molar-refractivity contribution is 1.14. The molecule has 2 heterocycles. The van der Waals surface area contributed by atoms with Gasteiger partial charge in [-0.3, -0.25) is 0 Å². The standard InChI is InChI=1S/C66H34N8/c1-71-59-20-9-7-18-52(59)45-24-28-55-54-26-22-43(50-16-5-3-13-47(50)38-68)31-62(54)73(63(55)33-45)61-36-58(42-15-11-12-41(30-42)37-67)66(35-49(61)40-70)74-64-32-44(51-17-6-4-14-48(51)39-69)23-27-56(64)57-29-25-46(34-65(57)74)53-19-8-10-21-60(53)72-2/h3-36H. The van der Waals surface area contributed by atoms with E-state index < -0.39 is 0 Å². The number of aromatic nitrogens is 2. The normalized spacial score (nSPS) is 10.9. The van der Waals surface area contributed by atoms with Crippen LogP contribution in [0.3, 0.4) is 0 Å². The highest BCUT2D eigenvalue weighted by Crippen LogP contribution is 2.45. The highest BCUT2D eigenvalue weighted by molar-refractivity contribution is 6.14. The second kappa shape index (κ2) is 17.9. The number of benzene rings is 10. The molecular weight excluding hydrogens is 905 g/mol. The van der Waals surface area contributed by atoms with E-state index in [1.807, 2.05) is 140 Å². The zero-order valence-electron chi connectivity index (χ0n) is 39.2. The topological polar surface area (TPSA) is 114 Å². The van der Waals surface area contributed by atoms with Gasteiger partial charge in [0.1, 0.15) is 6.07 Å². The summed E-state index contributed by atoms with van der Waals surface area (Å²) in [6.07, 6.45) is 0. The van der Waals surface area contributed by atoms with Crippen molar-refractivity contribution >= 4 is 55.0 Å². The van der Waals surface area contributed by atoms with Crippen molar-refractivity contribution in [3.05, 3.63) is 251 Å². The molecule has 338 valence electrons. The smallest absolute Gasteiger partial charge is 0.194 e. The molecule has 0 spiro atoms. The third kappa shape index (κ3) is 7.10. The maximum absolute atomic E-state index is 11.6. The third-order valence-corrected chi connectivity index (χ3v) is 13.9. The zero-order valence-corrected chi connectivity index (χ0v) is 39.2. The van der Waals surface area contributed by atoms with Gasteiger partial charge in [0.2, 0.25) is 0 Å². The van der Waals surface area contributed by atoms with Gasteiger partial charge in [0.05, 0.1) is 87.0 Å². The zero-order chi connectivity index (χ0) is 50.5. The second-order valence-corrected chi connectivity index (χ2v) is 17.9. The molecule has 0 saturated heterocycles. The predicted molar refractivity (Wildman–Crippen MR) is 294 cm³/mol. The number of para-hydroxylation sites is 2. The summed E-state index contributed by atoms with van der Waals surface area (Å²) in [6, 6.07) is 75.9. The summed E-state index contributed by atoms with van der Waals surface area (Å²) in [7, 11) is 0. The Bertz CT molecular complexity index is 4410. The molecule has 0 aliphatic heterocycles. The summed E-state index contributed by atoms with van der Waals surface area (Å²) < 4.78 is 4.27. The van der Waals surface area contributed by atoms with E-state index in [9.17, 15) is 21.0 Å². The van der Waals surface area contributed by atoms with Crippen LogP contribution in [0.25, 0.3) is 120 Å². The summed E-state index contributed by atoms with van der Waals surface area (Å²) in [5.74, 6) is 0. The van der Waals surface area contributed by atoms with E-state index in [1.54, 1.807) is 18.2 Å². The summed E-state index contributed by atoms with van der Waals surface area (Å²) >= 11 is 0. The van der Waals surface area contributed by atoms with Crippen LogP contribution in [0.15, 0.2) is 206 Å². The van der Waals surface area contributed by atoms with Gasteiger partial charge in [-0.2, -0.15) is 21.0 Å². The van der Waals surface area contributed by atoms with Crippen LogP contribution in [0.4, 0.5) is 11.4 Å². The van der Waals surface area contributed by atoms with Gasteiger partial charge >= 0.3 is 0 Å². The van der Waals surface area contributed by atoms with Gasteiger partial charge < -0.3 is 9.13 Å². The van der Waals surface area contributed by atoms with Crippen molar-refractivity contribution in [3.8, 4) is 91.3 Å². The predicted octanol–water partition coefficient (Wildman–Crippen LogP) is 16.8. The average molecular weight is 939 g/mol. The lowest BCUT2D eigenvalue weighted by atomic mass is 9.97. The number of fused-ring (bicyclic) bond motifs is 6. The van der Waals surface area contributed by atoms with E-state index in [1.165, 1.54) is 0 Å². The second-order valence-electron chi connectivity index (χ2n) is 17.9. The maximum atomic E-state index is 11.6. The molecule has 12 rings (SSSR count). The number of nitriles is 4. The molecule has 10 aromatic carbocycles. The van der Waals surface area contributed by atoms with Crippen molar-refractivity contribution in [1.29, 1.82) is 21.0 Å². The van der Waals surface area contributed by atoms with Crippen LogP contribution in [-0.4, -0.2) is 9.13 Å². The average Bonchev–Trinajstić information content (AvgIpc) is 3.97. The molecule has 8 nitrogen and oxygen atoms in total. The van der Waals surface area contributed by atoms with Gasteiger partial charge in [-0.25, -0.2) is 9.69 Å². The third-order valence-electron chi connectivity index (χ3n) is 13.9. The Morgan fingerprint density at radius 3 is 1.14 bits per heavy atom. The molecule has 0 N–H and O–H groups in total. The minimum Gasteiger partial charge on any atom is -0.309 e. The van der Waals surface area contributed by atoms with Crippen molar-refractivity contribution < 1.29 is 0 Å². The molecule has 0 bridgehead atoms. The first-order valence-corrected chi connectivity index (χ1v) is 23.6. The van der Waals surface area contributed by atoms with Gasteiger partial charge in [-0.15, -0.1) is 0 Å². The Balaban J connectivity index is 1.22. The van der Waals surface area contributed by atoms with Crippen LogP contribution in [0.2, 0.25) is 0 Å². The maximum Gasteiger partial charge on any atom is 0.194 e. The van der Waals surface area contributed by atoms with Crippen molar-refractivity contribution in [2.75, 3.05) is 0 Å². The van der Waals surface area contributed by atoms with E-state index >= 15 is 0 Å². The first kappa shape index (κ1) is 44.0. The molecule has 0 fully saturated rings. The van der Waals surface area contributed by atoms with Crippen LogP contribution < -0.4 is 0 Å². The molecule has 0 atom stereocenters. The first-order chi connectivity index (χ1) is 36.4. The van der Waals surface area contributed by atoms with Gasteiger partial charge in [0.25, 0.3) is 0 Å². The fourth-order valence-electron chi connectivity index (χ4n) is 10.5. The SMILES string of the molecule is [C-]#[N+]c1ccccc1-c1ccc2c3ccc(-c4ccccc4C#N)cc3n(-c3cc(-c4cccc(C#N)c4)c(-n4c5cc(-c6ccccc6C#N)ccc5c5ccc(-c6ccccc6[N+]#[C-])cc54)cc3C#N)c2c1. The van der Waals surface area contributed by atoms with E-state index in [0.717, 1.165) is 99.2 Å². The quantitative estimate of drug-likeness (QED) is 0.148. The van der Waals surface area contributed by atoms with Crippen LogP contribution in [0.5, 0.6) is 0 Å². The highest BCUT2D eigenvalue weighted by Gasteiger charge is 2.24. The minimum atomic E-state index is 0.351. The molecule has 12 aromatic rings. The minimum absolute atomic E-state index is 0.351. The fraction of sp³-hybridized carbons (Fsp3) is 0. The molecule has 0 aliphatic rings. The Morgan fingerprint density at radius 1 is 0.311 bits per heavy atom. The van der Waals surface area contributed by atoms with Gasteiger partial charge in [0.15, 0.2) is 11.4 Å². The van der Waals surface area contributed by atoms with Crippen LogP contribution in [0, 0.1) is 58.5 Å². The van der Waals surface area contributed by atoms with E-state index in [0.29, 0.717) is 45.0 Å². The van der Waals surface area contributed by atoms with E-state index in [4.69, 9.17) is 13.1 Å². The van der Waals surface area contributed by atoms with Crippen LogP contribution in [-0.2, 0) is 0 Å². The number of rotatable bonds is 7. The summed E-state index contributed by atoms with van der Waals surface area (Å²) in [5, 5.41) is 46.2. The van der Waals surface area contributed by atoms with Crippen molar-refractivity contribution in [1.82, 2.24) is 9.13 Å². The van der Waals surface area contributed by atoms with Gasteiger partial charge in [0, 0.05) is 27.1 Å². The first-order valence-electron chi connectivity index (χ1n) is 23.6. The molecule has 0 unspecified atom stereocenters. The lowest BCUT2D eigenvalue weighted by Crippen LogP contribution is -2.04. The number of hydrogen-bond acceptors (Lipinski definition) is 4. The van der Waals surface area contributed by atoms with Crippen molar-refractivity contribution in [3.63, 3.8) is 0 Å². The van der Waals surface area contributed by atoms with Crippen LogP contribution in [0.1, 0.15) is 22.3 Å². The Labute approximate surface area is 425 Å². The van der Waals surface area contributed by atoms with Gasteiger partial charge in [-0.05, 0) is 111 Å². The highest BCUT2D eigenvalue weighted by atomic mass is 15.0. The van der Waals surface area contributed by atoms with Crippen LogP contribution >= 0.6 is 0 Å².